The number of aromatic nitrogens is 1. The third-order valence-corrected chi connectivity index (χ3v) is 5.55. The zero-order valence-corrected chi connectivity index (χ0v) is 14.5. The maximum Gasteiger partial charge on any atom is 0.324 e. The topological polar surface area (TPSA) is 72.2 Å². The Balaban J connectivity index is 2.06. The molecule has 2 fully saturated rings. The molecule has 2 unspecified atom stereocenters. The SMILES string of the molecule is CCOC(=O)C(C#N)C1(c2ccc(F)cn2)CCOC2(CCCC2)C1. The van der Waals surface area contributed by atoms with E-state index in [9.17, 15) is 14.4 Å². The van der Waals surface area contributed by atoms with Crippen LogP contribution in [0.25, 0.3) is 0 Å². The number of hydrogen-bond donors (Lipinski definition) is 0. The number of nitriles is 1. The highest BCUT2D eigenvalue weighted by atomic mass is 19.1. The number of esters is 1. The monoisotopic (exact) mass is 346 g/mol. The van der Waals surface area contributed by atoms with Crippen LogP contribution in [0.4, 0.5) is 4.39 Å². The van der Waals surface area contributed by atoms with Gasteiger partial charge in [0.05, 0.1) is 24.5 Å². The maximum atomic E-state index is 13.4. The first-order valence-electron chi connectivity index (χ1n) is 8.87. The van der Waals surface area contributed by atoms with Gasteiger partial charge in [-0.05, 0) is 44.7 Å². The molecule has 0 bridgehead atoms. The summed E-state index contributed by atoms with van der Waals surface area (Å²) in [6, 6.07) is 5.08. The average molecular weight is 346 g/mol. The normalized spacial score (nSPS) is 26.1. The summed E-state index contributed by atoms with van der Waals surface area (Å²) in [5.41, 5.74) is -0.559. The van der Waals surface area contributed by atoms with Crippen molar-refractivity contribution in [1.29, 1.82) is 5.26 Å². The molecule has 1 spiro atoms. The van der Waals surface area contributed by atoms with Gasteiger partial charge < -0.3 is 9.47 Å². The molecule has 1 saturated heterocycles. The molecule has 0 N–H and O–H groups in total. The van der Waals surface area contributed by atoms with Crippen LogP contribution >= 0.6 is 0 Å². The van der Waals surface area contributed by atoms with Gasteiger partial charge in [0, 0.05) is 17.7 Å². The Morgan fingerprint density at radius 1 is 1.44 bits per heavy atom. The fourth-order valence-electron chi connectivity index (χ4n) is 4.42. The van der Waals surface area contributed by atoms with E-state index in [0.29, 0.717) is 25.1 Å². The first kappa shape index (κ1) is 17.8. The number of pyridine rings is 1. The first-order chi connectivity index (χ1) is 12.1. The van der Waals surface area contributed by atoms with Gasteiger partial charge in [-0.1, -0.05) is 12.8 Å². The van der Waals surface area contributed by atoms with Crippen LogP contribution in [0.1, 0.15) is 51.1 Å². The first-order valence-corrected chi connectivity index (χ1v) is 8.87. The lowest BCUT2D eigenvalue weighted by Gasteiger charge is -2.47. The molecule has 6 heteroatoms. The number of ether oxygens (including phenoxy) is 2. The molecule has 2 atom stereocenters. The van der Waals surface area contributed by atoms with E-state index in [2.05, 4.69) is 11.1 Å². The fraction of sp³-hybridized carbons (Fsp3) is 0.632. The molecule has 1 aromatic rings. The van der Waals surface area contributed by atoms with Crippen molar-refractivity contribution < 1.29 is 18.7 Å². The molecule has 3 rings (SSSR count). The van der Waals surface area contributed by atoms with Crippen molar-refractivity contribution >= 4 is 5.97 Å². The summed E-state index contributed by atoms with van der Waals surface area (Å²) in [4.78, 5) is 16.8. The van der Waals surface area contributed by atoms with Crippen LogP contribution < -0.4 is 0 Å². The predicted octanol–water partition coefficient (Wildman–Crippen LogP) is 3.28. The van der Waals surface area contributed by atoms with E-state index in [-0.39, 0.29) is 12.2 Å². The van der Waals surface area contributed by atoms with Crippen molar-refractivity contribution in [1.82, 2.24) is 4.98 Å². The number of carbonyl (C=O) groups excluding carboxylic acids is 1. The van der Waals surface area contributed by atoms with Gasteiger partial charge in [0.15, 0.2) is 5.92 Å². The highest BCUT2D eigenvalue weighted by Crippen LogP contribution is 2.51. The Bertz CT molecular complexity index is 664. The summed E-state index contributed by atoms with van der Waals surface area (Å²) >= 11 is 0. The van der Waals surface area contributed by atoms with Crippen molar-refractivity contribution in [3.8, 4) is 6.07 Å². The minimum absolute atomic E-state index is 0.214. The van der Waals surface area contributed by atoms with Crippen molar-refractivity contribution in [2.24, 2.45) is 5.92 Å². The van der Waals surface area contributed by atoms with Gasteiger partial charge in [-0.25, -0.2) is 4.39 Å². The van der Waals surface area contributed by atoms with E-state index in [1.165, 1.54) is 6.07 Å². The molecule has 2 heterocycles. The van der Waals surface area contributed by atoms with Gasteiger partial charge in [0.2, 0.25) is 0 Å². The van der Waals surface area contributed by atoms with E-state index in [4.69, 9.17) is 9.47 Å². The van der Waals surface area contributed by atoms with E-state index in [0.717, 1.165) is 31.9 Å². The van der Waals surface area contributed by atoms with Crippen LogP contribution in [-0.4, -0.2) is 29.8 Å². The highest BCUT2D eigenvalue weighted by molar-refractivity contribution is 5.77. The standard InChI is InChI=1S/C19H23FN2O3/c1-2-24-17(23)15(11-21)19(16-6-5-14(20)12-22-16)9-10-25-18(13-19)7-3-4-8-18/h5-6,12,15H,2-4,7-10,13H2,1H3. The second-order valence-corrected chi connectivity index (χ2v) is 7.00. The van der Waals surface area contributed by atoms with Crippen LogP contribution in [0.15, 0.2) is 18.3 Å². The Morgan fingerprint density at radius 2 is 2.20 bits per heavy atom. The average Bonchev–Trinajstić information content (AvgIpc) is 3.04. The quantitative estimate of drug-likeness (QED) is 0.782. The van der Waals surface area contributed by atoms with Gasteiger partial charge in [-0.3, -0.25) is 9.78 Å². The number of carbonyl (C=O) groups is 1. The van der Waals surface area contributed by atoms with Gasteiger partial charge in [-0.15, -0.1) is 0 Å². The molecular weight excluding hydrogens is 323 g/mol. The number of rotatable bonds is 4. The lowest BCUT2D eigenvalue weighted by molar-refractivity contribution is -0.155. The number of nitrogens with zero attached hydrogens (tertiary/aromatic N) is 2. The van der Waals surface area contributed by atoms with E-state index < -0.39 is 23.1 Å². The number of hydrogen-bond acceptors (Lipinski definition) is 5. The van der Waals surface area contributed by atoms with Gasteiger partial charge in [-0.2, -0.15) is 5.26 Å². The molecule has 5 nitrogen and oxygen atoms in total. The highest BCUT2D eigenvalue weighted by Gasteiger charge is 2.55. The third-order valence-electron chi connectivity index (χ3n) is 5.55. The Labute approximate surface area is 147 Å². The zero-order chi connectivity index (χ0) is 17.9. The van der Waals surface area contributed by atoms with E-state index in [1.54, 1.807) is 13.0 Å². The van der Waals surface area contributed by atoms with Crippen LogP contribution in [0, 0.1) is 23.1 Å². The third kappa shape index (κ3) is 3.25. The molecule has 2 aliphatic rings. The van der Waals surface area contributed by atoms with Crippen molar-refractivity contribution in [3.05, 3.63) is 29.8 Å². The summed E-state index contributed by atoms with van der Waals surface area (Å²) in [6.45, 7) is 2.39. The lowest BCUT2D eigenvalue weighted by atomic mass is 9.63. The largest absolute Gasteiger partial charge is 0.465 e. The summed E-state index contributed by atoms with van der Waals surface area (Å²) in [5, 5.41) is 9.79. The Morgan fingerprint density at radius 3 is 2.80 bits per heavy atom. The second kappa shape index (κ2) is 7.09. The second-order valence-electron chi connectivity index (χ2n) is 7.00. The van der Waals surface area contributed by atoms with Crippen LogP contribution in [0.5, 0.6) is 0 Å². The summed E-state index contributed by atoms with van der Waals surface area (Å²) in [7, 11) is 0. The molecule has 0 aromatic carbocycles. The predicted molar refractivity (Wildman–Crippen MR) is 88.0 cm³/mol. The minimum atomic E-state index is -0.980. The van der Waals surface area contributed by atoms with Gasteiger partial charge in [0.25, 0.3) is 0 Å². The zero-order valence-electron chi connectivity index (χ0n) is 14.5. The molecule has 0 radical (unpaired) electrons. The van der Waals surface area contributed by atoms with Crippen LogP contribution in [0.3, 0.4) is 0 Å². The molecule has 1 aliphatic heterocycles. The Kier molecular flexibility index (Phi) is 5.05. The molecule has 134 valence electrons. The fourth-order valence-corrected chi connectivity index (χ4v) is 4.42. The smallest absolute Gasteiger partial charge is 0.324 e. The minimum Gasteiger partial charge on any atom is -0.465 e. The molecule has 1 aliphatic carbocycles. The summed E-state index contributed by atoms with van der Waals surface area (Å²) in [6.07, 6.45) is 6.15. The van der Waals surface area contributed by atoms with E-state index >= 15 is 0 Å². The van der Waals surface area contributed by atoms with Crippen LogP contribution in [0.2, 0.25) is 0 Å². The molecule has 1 aromatic heterocycles. The van der Waals surface area contributed by atoms with E-state index in [1.807, 2.05) is 0 Å². The molecular formula is C19H23FN2O3. The van der Waals surface area contributed by atoms with Crippen molar-refractivity contribution in [3.63, 3.8) is 0 Å². The molecule has 1 saturated carbocycles. The van der Waals surface area contributed by atoms with Gasteiger partial charge in [0.1, 0.15) is 5.82 Å². The van der Waals surface area contributed by atoms with Crippen molar-refractivity contribution in [2.75, 3.05) is 13.2 Å². The van der Waals surface area contributed by atoms with Crippen molar-refractivity contribution in [2.45, 2.75) is 56.5 Å². The summed E-state index contributed by atoms with van der Waals surface area (Å²) < 4.78 is 24.7. The molecule has 25 heavy (non-hydrogen) atoms. The molecule has 0 amide bonds. The van der Waals surface area contributed by atoms with Crippen LogP contribution in [-0.2, 0) is 19.7 Å². The lowest BCUT2D eigenvalue weighted by Crippen LogP contribution is -2.52. The number of halogens is 1. The maximum absolute atomic E-state index is 13.4. The Hall–Kier alpha value is -2.00. The summed E-state index contributed by atoms with van der Waals surface area (Å²) in [5.74, 6) is -1.95. The van der Waals surface area contributed by atoms with Gasteiger partial charge >= 0.3 is 5.97 Å².